The highest BCUT2D eigenvalue weighted by molar-refractivity contribution is 5.21. The van der Waals surface area contributed by atoms with Crippen LogP contribution in [0.2, 0.25) is 0 Å². The third-order valence-corrected chi connectivity index (χ3v) is 6.55. The minimum atomic E-state index is 0.323. The van der Waals surface area contributed by atoms with E-state index in [4.69, 9.17) is 4.42 Å². The van der Waals surface area contributed by atoms with Crippen molar-refractivity contribution in [1.82, 2.24) is 10.3 Å². The van der Waals surface area contributed by atoms with Crippen LogP contribution in [0.5, 0.6) is 0 Å². The van der Waals surface area contributed by atoms with Crippen molar-refractivity contribution in [1.29, 1.82) is 0 Å². The van der Waals surface area contributed by atoms with Crippen molar-refractivity contribution >= 4 is 0 Å². The van der Waals surface area contributed by atoms with E-state index in [1.807, 2.05) is 0 Å². The first-order valence-electron chi connectivity index (χ1n) is 8.81. The molecule has 1 N–H and O–H groups in total. The van der Waals surface area contributed by atoms with E-state index in [0.717, 1.165) is 30.3 Å². The first-order chi connectivity index (χ1) is 10.1. The highest BCUT2D eigenvalue weighted by Crippen LogP contribution is 2.65. The fourth-order valence-corrected chi connectivity index (χ4v) is 6.16. The zero-order chi connectivity index (χ0) is 14.1. The molecular formula is C18H26N2O. The van der Waals surface area contributed by atoms with E-state index in [2.05, 4.69) is 23.4 Å². The van der Waals surface area contributed by atoms with Crippen molar-refractivity contribution < 1.29 is 4.42 Å². The molecule has 1 aromatic heterocycles. The summed E-state index contributed by atoms with van der Waals surface area (Å²) in [6, 6.07) is 0.721. The molecule has 5 aliphatic carbocycles. The van der Waals surface area contributed by atoms with Crippen LogP contribution in [-0.4, -0.2) is 11.0 Å². The third-order valence-electron chi connectivity index (χ3n) is 6.55. The van der Waals surface area contributed by atoms with Crippen LogP contribution in [0.4, 0.5) is 0 Å². The number of hydrogen-bond acceptors (Lipinski definition) is 3. The maximum Gasteiger partial charge on any atom is 0.208 e. The molecular weight excluding hydrogens is 260 g/mol. The predicted molar refractivity (Wildman–Crippen MR) is 80.8 cm³/mol. The molecule has 5 saturated carbocycles. The average Bonchev–Trinajstić information content (AvgIpc) is 3.09. The number of hydrogen-bond donors (Lipinski definition) is 1. The third kappa shape index (κ3) is 2.08. The molecule has 5 fully saturated rings. The molecule has 5 aliphatic rings. The van der Waals surface area contributed by atoms with Crippen molar-refractivity contribution in [3.63, 3.8) is 0 Å². The van der Waals surface area contributed by atoms with Gasteiger partial charge in [-0.2, -0.15) is 0 Å². The molecule has 0 saturated heterocycles. The standard InChI is InChI=1S/C18H26N2O/c1-17-5-12-4-13(6-17)8-18(7-12,11-17)15-9-20-16(21-15)10-19-14-2-3-14/h9,12-14,19H,2-8,10-11H2,1H3. The van der Waals surface area contributed by atoms with E-state index in [0.29, 0.717) is 10.8 Å². The zero-order valence-electron chi connectivity index (χ0n) is 13.0. The maximum absolute atomic E-state index is 6.22. The largest absolute Gasteiger partial charge is 0.444 e. The molecule has 3 heteroatoms. The highest BCUT2D eigenvalue weighted by Gasteiger charge is 2.57. The molecule has 0 aliphatic heterocycles. The summed E-state index contributed by atoms with van der Waals surface area (Å²) >= 11 is 0. The molecule has 0 radical (unpaired) electrons. The molecule has 3 nitrogen and oxygen atoms in total. The van der Waals surface area contributed by atoms with E-state index in [1.165, 1.54) is 57.1 Å². The van der Waals surface area contributed by atoms with Gasteiger partial charge in [-0.15, -0.1) is 0 Å². The summed E-state index contributed by atoms with van der Waals surface area (Å²) < 4.78 is 6.22. The van der Waals surface area contributed by atoms with E-state index >= 15 is 0 Å². The van der Waals surface area contributed by atoms with Gasteiger partial charge in [-0.1, -0.05) is 6.92 Å². The Kier molecular flexibility index (Phi) is 2.49. The first-order valence-corrected chi connectivity index (χ1v) is 8.81. The lowest BCUT2D eigenvalue weighted by Gasteiger charge is -2.60. The van der Waals surface area contributed by atoms with Gasteiger partial charge in [0.2, 0.25) is 5.89 Å². The van der Waals surface area contributed by atoms with Gasteiger partial charge in [0.25, 0.3) is 0 Å². The fraction of sp³-hybridized carbons (Fsp3) is 0.833. The maximum atomic E-state index is 6.22. The Bertz CT molecular complexity index is 545. The summed E-state index contributed by atoms with van der Waals surface area (Å²) in [5.74, 6) is 3.98. The van der Waals surface area contributed by atoms with Gasteiger partial charge in [-0.05, 0) is 68.6 Å². The Hall–Kier alpha value is -0.830. The molecule has 1 aromatic rings. The molecule has 1 heterocycles. The Morgan fingerprint density at radius 3 is 2.67 bits per heavy atom. The summed E-state index contributed by atoms with van der Waals surface area (Å²) in [7, 11) is 0. The average molecular weight is 286 g/mol. The lowest BCUT2D eigenvalue weighted by Crippen LogP contribution is -2.52. The van der Waals surface area contributed by atoms with Crippen LogP contribution < -0.4 is 5.32 Å². The van der Waals surface area contributed by atoms with E-state index in [9.17, 15) is 0 Å². The Labute approximate surface area is 126 Å². The van der Waals surface area contributed by atoms with Gasteiger partial charge >= 0.3 is 0 Å². The van der Waals surface area contributed by atoms with Crippen LogP contribution in [0, 0.1) is 17.3 Å². The van der Waals surface area contributed by atoms with Crippen molar-refractivity contribution in [2.75, 3.05) is 0 Å². The highest BCUT2D eigenvalue weighted by atomic mass is 16.4. The summed E-state index contributed by atoms with van der Waals surface area (Å²) in [5.41, 5.74) is 0.896. The van der Waals surface area contributed by atoms with E-state index in [1.54, 1.807) is 0 Å². The van der Waals surface area contributed by atoms with Crippen LogP contribution in [0.3, 0.4) is 0 Å². The number of rotatable bonds is 4. The quantitative estimate of drug-likeness (QED) is 0.915. The van der Waals surface area contributed by atoms with Gasteiger partial charge in [0.05, 0.1) is 12.7 Å². The SMILES string of the molecule is CC12CC3CC(C1)CC(c1cnc(CNC4CC4)o1)(C3)C2. The molecule has 0 amide bonds. The number of oxazole rings is 1. The Balaban J connectivity index is 1.41. The predicted octanol–water partition coefficient (Wildman–Crippen LogP) is 3.78. The van der Waals surface area contributed by atoms with Gasteiger partial charge in [0.1, 0.15) is 5.76 Å². The van der Waals surface area contributed by atoms with Crippen LogP contribution in [0.25, 0.3) is 0 Å². The van der Waals surface area contributed by atoms with Crippen molar-refractivity contribution in [3.8, 4) is 0 Å². The minimum absolute atomic E-state index is 0.323. The molecule has 6 rings (SSSR count). The molecule has 2 unspecified atom stereocenters. The fourth-order valence-electron chi connectivity index (χ4n) is 6.16. The lowest BCUT2D eigenvalue weighted by molar-refractivity contribution is -0.0692. The van der Waals surface area contributed by atoms with E-state index in [-0.39, 0.29) is 0 Å². The normalized spacial score (nSPS) is 44.4. The number of nitrogens with one attached hydrogen (secondary N) is 1. The molecule has 2 atom stereocenters. The van der Waals surface area contributed by atoms with Gasteiger partial charge in [-0.3, -0.25) is 0 Å². The molecule has 21 heavy (non-hydrogen) atoms. The lowest BCUT2D eigenvalue weighted by atomic mass is 9.44. The second-order valence-corrected chi connectivity index (χ2v) is 8.83. The summed E-state index contributed by atoms with van der Waals surface area (Å²) in [6.45, 7) is 3.33. The van der Waals surface area contributed by atoms with Gasteiger partial charge in [-0.25, -0.2) is 4.98 Å². The minimum Gasteiger partial charge on any atom is -0.444 e. The van der Waals surface area contributed by atoms with Gasteiger partial charge < -0.3 is 9.73 Å². The molecule has 0 aromatic carbocycles. The molecule has 4 bridgehead atoms. The summed E-state index contributed by atoms with van der Waals surface area (Å²) in [6.07, 6.45) is 13.1. The van der Waals surface area contributed by atoms with Crippen molar-refractivity contribution in [2.24, 2.45) is 17.3 Å². The smallest absolute Gasteiger partial charge is 0.208 e. The zero-order valence-corrected chi connectivity index (χ0v) is 13.0. The second-order valence-electron chi connectivity index (χ2n) is 8.83. The number of nitrogens with zero attached hydrogens (tertiary/aromatic N) is 1. The number of aromatic nitrogens is 1. The van der Waals surface area contributed by atoms with Crippen molar-refractivity contribution in [2.45, 2.75) is 76.3 Å². The monoisotopic (exact) mass is 286 g/mol. The Morgan fingerprint density at radius 1 is 1.24 bits per heavy atom. The first kappa shape index (κ1) is 12.7. The van der Waals surface area contributed by atoms with Gasteiger partial charge in [0.15, 0.2) is 0 Å². The van der Waals surface area contributed by atoms with Crippen LogP contribution >= 0.6 is 0 Å². The second kappa shape index (κ2) is 4.13. The van der Waals surface area contributed by atoms with Crippen molar-refractivity contribution in [3.05, 3.63) is 17.8 Å². The Morgan fingerprint density at radius 2 is 2.00 bits per heavy atom. The topological polar surface area (TPSA) is 38.1 Å². The van der Waals surface area contributed by atoms with Gasteiger partial charge in [0, 0.05) is 11.5 Å². The summed E-state index contributed by atoms with van der Waals surface area (Å²) in [4.78, 5) is 4.57. The molecule has 114 valence electrons. The van der Waals surface area contributed by atoms with Crippen LogP contribution in [0.1, 0.15) is 69.9 Å². The van der Waals surface area contributed by atoms with Crippen LogP contribution in [0.15, 0.2) is 10.6 Å². The van der Waals surface area contributed by atoms with Crippen LogP contribution in [-0.2, 0) is 12.0 Å². The summed E-state index contributed by atoms with van der Waals surface area (Å²) in [5, 5.41) is 3.51. The van der Waals surface area contributed by atoms with E-state index < -0.39 is 0 Å². The molecule has 0 spiro atoms.